The van der Waals surface area contributed by atoms with Crippen LogP contribution in [0.3, 0.4) is 0 Å². The summed E-state index contributed by atoms with van der Waals surface area (Å²) < 4.78 is 25.0. The molecule has 2 aromatic carbocycles. The summed E-state index contributed by atoms with van der Waals surface area (Å²) in [4.78, 5) is 29.0. The van der Waals surface area contributed by atoms with E-state index < -0.39 is 11.7 Å². The first-order chi connectivity index (χ1) is 15.4. The van der Waals surface area contributed by atoms with Crippen LogP contribution in [0.25, 0.3) is 22.4 Å². The number of halogens is 1. The molecule has 2 N–H and O–H groups in total. The maximum Gasteiger partial charge on any atom is 0.259 e. The molecular weight excluding hydrogens is 415 g/mol. The Bertz CT molecular complexity index is 1350. The topological polar surface area (TPSA) is 106 Å². The number of rotatable bonds is 5. The minimum Gasteiger partial charge on any atom is -0.495 e. The summed E-state index contributed by atoms with van der Waals surface area (Å²) in [7, 11) is 1.47. The molecule has 0 aliphatic carbocycles. The van der Waals surface area contributed by atoms with Gasteiger partial charge in [0.2, 0.25) is 5.91 Å². The SMILES string of the molecule is COc1ccc(NC(C)=O)cc1NC(=O)c1cc(-c2ccccc2F)nc2onc(C)c12. The molecule has 2 amide bonds. The highest BCUT2D eigenvalue weighted by atomic mass is 19.1. The molecule has 0 saturated heterocycles. The number of carbonyl (C=O) groups is 2. The van der Waals surface area contributed by atoms with Gasteiger partial charge in [0, 0.05) is 18.2 Å². The van der Waals surface area contributed by atoms with Gasteiger partial charge in [0.15, 0.2) is 0 Å². The maximum atomic E-state index is 14.4. The third-order valence-electron chi connectivity index (χ3n) is 4.78. The van der Waals surface area contributed by atoms with Gasteiger partial charge in [-0.05, 0) is 43.3 Å². The number of hydrogen-bond donors (Lipinski definition) is 2. The van der Waals surface area contributed by atoms with Crippen molar-refractivity contribution >= 4 is 34.3 Å². The number of methoxy groups -OCH3 is 1. The van der Waals surface area contributed by atoms with E-state index in [0.29, 0.717) is 28.2 Å². The summed E-state index contributed by atoms with van der Waals surface area (Å²) in [6, 6.07) is 12.5. The lowest BCUT2D eigenvalue weighted by Gasteiger charge is -2.13. The average molecular weight is 434 g/mol. The lowest BCUT2D eigenvalue weighted by atomic mass is 10.0. The van der Waals surface area contributed by atoms with Gasteiger partial charge in [0.05, 0.1) is 35.1 Å². The smallest absolute Gasteiger partial charge is 0.259 e. The number of benzene rings is 2. The first-order valence-electron chi connectivity index (χ1n) is 9.66. The van der Waals surface area contributed by atoms with Crippen molar-refractivity contribution < 1.29 is 23.2 Å². The lowest BCUT2D eigenvalue weighted by molar-refractivity contribution is -0.114. The van der Waals surface area contributed by atoms with Crippen molar-refractivity contribution in [3.8, 4) is 17.0 Å². The number of hydrogen-bond acceptors (Lipinski definition) is 6. The number of anilines is 2. The molecular formula is C23H19FN4O4. The summed E-state index contributed by atoms with van der Waals surface area (Å²) in [6.45, 7) is 3.07. The van der Waals surface area contributed by atoms with E-state index in [0.717, 1.165) is 0 Å². The molecule has 9 heteroatoms. The van der Waals surface area contributed by atoms with Gasteiger partial charge in [-0.1, -0.05) is 17.3 Å². The summed E-state index contributed by atoms with van der Waals surface area (Å²) in [6.07, 6.45) is 0. The van der Waals surface area contributed by atoms with Crippen LogP contribution in [0, 0.1) is 12.7 Å². The van der Waals surface area contributed by atoms with Crippen LogP contribution in [-0.2, 0) is 4.79 Å². The molecule has 4 rings (SSSR count). The Hall–Kier alpha value is -4.27. The number of aryl methyl sites for hydroxylation is 1. The molecule has 0 aliphatic rings. The zero-order valence-electron chi connectivity index (χ0n) is 17.5. The van der Waals surface area contributed by atoms with Crippen molar-refractivity contribution in [1.82, 2.24) is 10.1 Å². The van der Waals surface area contributed by atoms with Gasteiger partial charge >= 0.3 is 0 Å². The molecule has 0 atom stereocenters. The molecule has 2 aromatic heterocycles. The van der Waals surface area contributed by atoms with Gasteiger partial charge in [-0.3, -0.25) is 9.59 Å². The number of pyridine rings is 1. The molecule has 4 aromatic rings. The minimum atomic E-state index is -0.500. The number of nitrogens with one attached hydrogen (secondary N) is 2. The lowest BCUT2D eigenvalue weighted by Crippen LogP contribution is -2.14. The van der Waals surface area contributed by atoms with Crippen LogP contribution in [0.1, 0.15) is 23.0 Å². The van der Waals surface area contributed by atoms with Gasteiger partial charge in [0.25, 0.3) is 11.6 Å². The van der Waals surface area contributed by atoms with Crippen LogP contribution in [0.4, 0.5) is 15.8 Å². The van der Waals surface area contributed by atoms with E-state index in [-0.39, 0.29) is 28.4 Å². The van der Waals surface area contributed by atoms with Gasteiger partial charge in [-0.2, -0.15) is 0 Å². The first-order valence-corrected chi connectivity index (χ1v) is 9.66. The Labute approximate surface area is 182 Å². The monoisotopic (exact) mass is 434 g/mol. The molecule has 8 nitrogen and oxygen atoms in total. The number of carbonyl (C=O) groups excluding carboxylic acids is 2. The number of fused-ring (bicyclic) bond motifs is 1. The highest BCUT2D eigenvalue weighted by Gasteiger charge is 2.21. The van der Waals surface area contributed by atoms with Crippen molar-refractivity contribution in [1.29, 1.82) is 0 Å². The molecule has 0 radical (unpaired) electrons. The molecule has 0 bridgehead atoms. The van der Waals surface area contributed by atoms with E-state index in [4.69, 9.17) is 9.26 Å². The fraction of sp³-hybridized carbons (Fsp3) is 0.130. The second-order valence-corrected chi connectivity index (χ2v) is 7.03. The predicted molar refractivity (Wildman–Crippen MR) is 117 cm³/mol. The molecule has 0 unspecified atom stereocenters. The Kier molecular flexibility index (Phi) is 5.55. The van der Waals surface area contributed by atoms with Crippen molar-refractivity contribution in [2.45, 2.75) is 13.8 Å². The van der Waals surface area contributed by atoms with Crippen LogP contribution in [0.2, 0.25) is 0 Å². The van der Waals surface area contributed by atoms with Crippen molar-refractivity contribution in [3.63, 3.8) is 0 Å². The molecule has 162 valence electrons. The fourth-order valence-corrected chi connectivity index (χ4v) is 3.36. The van der Waals surface area contributed by atoms with Crippen molar-refractivity contribution in [2.24, 2.45) is 0 Å². The number of amides is 2. The van der Waals surface area contributed by atoms with Gasteiger partial charge in [-0.25, -0.2) is 9.37 Å². The number of nitrogens with zero attached hydrogens (tertiary/aromatic N) is 2. The van der Waals surface area contributed by atoms with Crippen LogP contribution in [0.15, 0.2) is 53.1 Å². The fourth-order valence-electron chi connectivity index (χ4n) is 3.36. The Morgan fingerprint density at radius 3 is 2.59 bits per heavy atom. The standard InChI is InChI=1S/C23H19FN4O4/c1-12-21-16(11-18(27-23(21)32-28-12)15-6-4-5-7-17(15)24)22(30)26-19-10-14(25-13(2)29)8-9-20(19)31-3/h4-11H,1-3H3,(H,25,29)(H,26,30). The molecule has 0 spiro atoms. The largest absolute Gasteiger partial charge is 0.495 e. The summed E-state index contributed by atoms with van der Waals surface area (Å²) in [5, 5.41) is 9.76. The van der Waals surface area contributed by atoms with Gasteiger partial charge in [0.1, 0.15) is 11.6 Å². The quantitative estimate of drug-likeness (QED) is 0.477. The number of ether oxygens (including phenoxy) is 1. The van der Waals surface area contributed by atoms with E-state index in [1.807, 2.05) is 0 Å². The summed E-state index contributed by atoms with van der Waals surface area (Å²) in [5.74, 6) is -0.835. The van der Waals surface area contributed by atoms with Crippen molar-refractivity contribution in [3.05, 3.63) is 65.6 Å². The van der Waals surface area contributed by atoms with Crippen LogP contribution >= 0.6 is 0 Å². The molecule has 2 heterocycles. The van der Waals surface area contributed by atoms with E-state index in [1.165, 1.54) is 26.2 Å². The summed E-state index contributed by atoms with van der Waals surface area (Å²) in [5.41, 5.74) is 2.08. The first kappa shape index (κ1) is 21.0. The highest BCUT2D eigenvalue weighted by molar-refractivity contribution is 6.13. The van der Waals surface area contributed by atoms with Crippen LogP contribution in [0.5, 0.6) is 5.75 Å². The second-order valence-electron chi connectivity index (χ2n) is 7.03. The molecule has 0 fully saturated rings. The van der Waals surface area contributed by atoms with E-state index in [1.54, 1.807) is 43.3 Å². The third-order valence-corrected chi connectivity index (χ3v) is 4.78. The molecule has 0 saturated carbocycles. The normalized spacial score (nSPS) is 10.8. The second kappa shape index (κ2) is 8.46. The zero-order chi connectivity index (χ0) is 22.8. The van der Waals surface area contributed by atoms with Gasteiger partial charge in [-0.15, -0.1) is 0 Å². The highest BCUT2D eigenvalue weighted by Crippen LogP contribution is 2.31. The van der Waals surface area contributed by atoms with Crippen LogP contribution in [-0.4, -0.2) is 29.1 Å². The predicted octanol–water partition coefficient (Wildman–Crippen LogP) is 4.56. The zero-order valence-corrected chi connectivity index (χ0v) is 17.5. The van der Waals surface area contributed by atoms with Crippen LogP contribution < -0.4 is 15.4 Å². The number of aromatic nitrogens is 2. The Balaban J connectivity index is 1.80. The van der Waals surface area contributed by atoms with E-state index in [2.05, 4.69) is 20.8 Å². The summed E-state index contributed by atoms with van der Waals surface area (Å²) >= 11 is 0. The third kappa shape index (κ3) is 4.00. The average Bonchev–Trinajstić information content (AvgIpc) is 3.14. The van der Waals surface area contributed by atoms with E-state index in [9.17, 15) is 14.0 Å². The molecule has 0 aliphatic heterocycles. The molecule has 32 heavy (non-hydrogen) atoms. The Morgan fingerprint density at radius 1 is 1.09 bits per heavy atom. The maximum absolute atomic E-state index is 14.4. The Morgan fingerprint density at radius 2 is 1.88 bits per heavy atom. The minimum absolute atomic E-state index is 0.118. The van der Waals surface area contributed by atoms with E-state index >= 15 is 0 Å². The van der Waals surface area contributed by atoms with Crippen molar-refractivity contribution in [2.75, 3.05) is 17.7 Å². The van der Waals surface area contributed by atoms with Gasteiger partial charge < -0.3 is 19.9 Å².